The van der Waals surface area contributed by atoms with E-state index in [-0.39, 0.29) is 24.2 Å². The molecule has 0 saturated carbocycles. The van der Waals surface area contributed by atoms with Gasteiger partial charge in [-0.25, -0.2) is 4.79 Å². The zero-order valence-corrected chi connectivity index (χ0v) is 15.4. The quantitative estimate of drug-likeness (QED) is 0.599. The number of ketones is 1. The highest BCUT2D eigenvalue weighted by molar-refractivity contribution is 5.95. The lowest BCUT2D eigenvalue weighted by molar-refractivity contribution is -0.116. The molecule has 0 unspecified atom stereocenters. The molecule has 0 atom stereocenters. The Bertz CT molecular complexity index is 802. The number of aryl methyl sites for hydroxylation is 2. The molecular weight excluding hydrogens is 334 g/mol. The first-order valence-corrected chi connectivity index (χ1v) is 8.47. The summed E-state index contributed by atoms with van der Waals surface area (Å²) in [6.45, 7) is 6.78. The van der Waals surface area contributed by atoms with Crippen LogP contribution in [0.2, 0.25) is 0 Å². The summed E-state index contributed by atoms with van der Waals surface area (Å²) >= 11 is 0. The van der Waals surface area contributed by atoms with Crippen molar-refractivity contribution in [3.63, 3.8) is 0 Å². The van der Waals surface area contributed by atoms with Crippen molar-refractivity contribution in [2.24, 2.45) is 0 Å². The van der Waals surface area contributed by atoms with Crippen molar-refractivity contribution in [1.29, 1.82) is 0 Å². The topological polar surface area (TPSA) is 85.6 Å². The first kappa shape index (κ1) is 19.4. The zero-order valence-electron chi connectivity index (χ0n) is 15.4. The molecule has 0 aliphatic rings. The number of nitrogens with one attached hydrogen (secondary N) is 1. The van der Waals surface area contributed by atoms with E-state index in [0.717, 1.165) is 0 Å². The Morgan fingerprint density at radius 3 is 2.35 bits per heavy atom. The highest BCUT2D eigenvalue weighted by Gasteiger charge is 2.13. The lowest BCUT2D eigenvalue weighted by atomic mass is 10.1. The van der Waals surface area contributed by atoms with E-state index in [4.69, 9.17) is 9.15 Å². The van der Waals surface area contributed by atoms with Gasteiger partial charge in [-0.2, -0.15) is 0 Å². The van der Waals surface area contributed by atoms with Crippen molar-refractivity contribution >= 4 is 23.3 Å². The number of rotatable bonds is 7. The average molecular weight is 357 g/mol. The van der Waals surface area contributed by atoms with Gasteiger partial charge >= 0.3 is 5.97 Å². The number of benzene rings is 1. The maximum Gasteiger partial charge on any atom is 0.338 e. The molecule has 6 heteroatoms. The average Bonchev–Trinajstić information content (AvgIpc) is 2.94. The molecule has 1 aromatic heterocycles. The largest absolute Gasteiger partial charge is 0.466 e. The summed E-state index contributed by atoms with van der Waals surface area (Å²) < 4.78 is 10.6. The number of anilines is 1. The molecule has 6 nitrogen and oxygen atoms in total. The monoisotopic (exact) mass is 357 g/mol. The molecule has 0 aliphatic heterocycles. The Labute approximate surface area is 152 Å². The number of furan rings is 1. The molecule has 0 aliphatic carbocycles. The van der Waals surface area contributed by atoms with Crippen molar-refractivity contribution in [1.82, 2.24) is 0 Å². The van der Waals surface area contributed by atoms with Crippen LogP contribution in [0.5, 0.6) is 0 Å². The predicted octanol–water partition coefficient (Wildman–Crippen LogP) is 3.93. The molecule has 1 aromatic carbocycles. The first-order chi connectivity index (χ1) is 12.3. The molecule has 138 valence electrons. The fraction of sp³-hybridized carbons (Fsp3) is 0.350. The van der Waals surface area contributed by atoms with Gasteiger partial charge in [0.25, 0.3) is 0 Å². The maximum atomic E-state index is 12.1. The number of hydrogen-bond donors (Lipinski definition) is 1. The zero-order chi connectivity index (χ0) is 19.3. The van der Waals surface area contributed by atoms with E-state index in [1.54, 1.807) is 51.1 Å². The highest BCUT2D eigenvalue weighted by Crippen LogP contribution is 2.17. The Hall–Kier alpha value is -2.89. The van der Waals surface area contributed by atoms with Crippen LogP contribution < -0.4 is 5.32 Å². The molecule has 1 N–H and O–H groups in total. The number of carbonyl (C=O) groups is 3. The van der Waals surface area contributed by atoms with Crippen molar-refractivity contribution in [3.05, 3.63) is 53.0 Å². The maximum absolute atomic E-state index is 12.1. The minimum atomic E-state index is -0.396. The Morgan fingerprint density at radius 1 is 1.15 bits per heavy atom. The van der Waals surface area contributed by atoms with Crippen LogP contribution in [0.15, 0.2) is 34.7 Å². The first-order valence-electron chi connectivity index (χ1n) is 8.47. The third-order valence-electron chi connectivity index (χ3n) is 3.69. The predicted molar refractivity (Wildman–Crippen MR) is 97.4 cm³/mol. The van der Waals surface area contributed by atoms with Gasteiger partial charge < -0.3 is 14.5 Å². The summed E-state index contributed by atoms with van der Waals surface area (Å²) in [4.78, 5) is 35.3. The van der Waals surface area contributed by atoms with E-state index in [9.17, 15) is 14.4 Å². The van der Waals surface area contributed by atoms with Gasteiger partial charge in [0.05, 0.1) is 17.2 Å². The third kappa shape index (κ3) is 5.31. The van der Waals surface area contributed by atoms with Gasteiger partial charge in [0, 0.05) is 18.5 Å². The fourth-order valence-electron chi connectivity index (χ4n) is 2.45. The van der Waals surface area contributed by atoms with Crippen LogP contribution in [-0.4, -0.2) is 23.8 Å². The van der Waals surface area contributed by atoms with Gasteiger partial charge in [-0.05, 0) is 58.0 Å². The summed E-state index contributed by atoms with van der Waals surface area (Å²) in [6, 6.07) is 8.20. The number of ether oxygens (including phenoxy) is 1. The molecule has 26 heavy (non-hydrogen) atoms. The van der Waals surface area contributed by atoms with Crippen LogP contribution in [0.25, 0.3) is 0 Å². The van der Waals surface area contributed by atoms with Gasteiger partial charge in [-0.1, -0.05) is 0 Å². The summed E-state index contributed by atoms with van der Waals surface area (Å²) in [6.07, 6.45) is 0.441. The SMILES string of the molecule is CC(=O)c1cc(CCC(=O)Nc2ccc(C(=O)OC(C)C)cc2)oc1C. The molecule has 0 radical (unpaired) electrons. The standard InChI is InChI=1S/C20H23NO5/c1-12(2)25-20(24)15-5-7-16(8-6-15)21-19(23)10-9-17-11-18(13(3)22)14(4)26-17/h5-8,11-12H,9-10H2,1-4H3,(H,21,23). The number of amides is 1. The van der Waals surface area contributed by atoms with E-state index >= 15 is 0 Å². The second-order valence-electron chi connectivity index (χ2n) is 6.32. The highest BCUT2D eigenvalue weighted by atomic mass is 16.5. The Kier molecular flexibility index (Phi) is 6.33. The number of Topliss-reactive ketones (excluding diaryl/α,β-unsaturated/α-hetero) is 1. The molecule has 0 fully saturated rings. The Morgan fingerprint density at radius 2 is 1.81 bits per heavy atom. The van der Waals surface area contributed by atoms with E-state index < -0.39 is 5.97 Å². The summed E-state index contributed by atoms with van der Waals surface area (Å²) in [5, 5.41) is 2.76. The van der Waals surface area contributed by atoms with E-state index in [1.807, 2.05) is 0 Å². The van der Waals surface area contributed by atoms with Crippen molar-refractivity contribution in [2.45, 2.75) is 46.6 Å². The molecule has 0 saturated heterocycles. The summed E-state index contributed by atoms with van der Waals surface area (Å²) in [5.41, 5.74) is 1.57. The van der Waals surface area contributed by atoms with E-state index in [0.29, 0.717) is 34.8 Å². The van der Waals surface area contributed by atoms with Crippen molar-refractivity contribution < 1.29 is 23.5 Å². The van der Waals surface area contributed by atoms with Gasteiger partial charge in [-0.15, -0.1) is 0 Å². The van der Waals surface area contributed by atoms with Gasteiger partial charge in [0.2, 0.25) is 5.91 Å². The fourth-order valence-corrected chi connectivity index (χ4v) is 2.45. The van der Waals surface area contributed by atoms with E-state index in [2.05, 4.69) is 5.32 Å². The summed E-state index contributed by atoms with van der Waals surface area (Å²) in [5.74, 6) is 0.540. The van der Waals surface area contributed by atoms with Crippen LogP contribution in [0.4, 0.5) is 5.69 Å². The number of hydrogen-bond acceptors (Lipinski definition) is 5. The van der Waals surface area contributed by atoms with Gasteiger partial charge in [0.1, 0.15) is 11.5 Å². The van der Waals surface area contributed by atoms with Crippen LogP contribution in [0.3, 0.4) is 0 Å². The minimum absolute atomic E-state index is 0.0574. The molecule has 2 aromatic rings. The second kappa shape index (κ2) is 8.47. The van der Waals surface area contributed by atoms with Crippen LogP contribution in [0, 0.1) is 6.92 Å². The molecular formula is C20H23NO5. The molecule has 0 bridgehead atoms. The van der Waals surface area contributed by atoms with Gasteiger partial charge in [0.15, 0.2) is 5.78 Å². The Balaban J connectivity index is 1.88. The lowest BCUT2D eigenvalue weighted by Crippen LogP contribution is -2.13. The molecule has 2 rings (SSSR count). The van der Waals surface area contributed by atoms with E-state index in [1.165, 1.54) is 6.92 Å². The van der Waals surface area contributed by atoms with Crippen molar-refractivity contribution in [3.8, 4) is 0 Å². The number of esters is 1. The van der Waals surface area contributed by atoms with Crippen LogP contribution >= 0.6 is 0 Å². The third-order valence-corrected chi connectivity index (χ3v) is 3.69. The lowest BCUT2D eigenvalue weighted by Gasteiger charge is -2.09. The number of carbonyl (C=O) groups excluding carboxylic acids is 3. The molecule has 0 spiro atoms. The molecule has 1 amide bonds. The second-order valence-corrected chi connectivity index (χ2v) is 6.32. The minimum Gasteiger partial charge on any atom is -0.466 e. The van der Waals surface area contributed by atoms with Gasteiger partial charge in [-0.3, -0.25) is 9.59 Å². The van der Waals surface area contributed by atoms with Crippen LogP contribution in [-0.2, 0) is 16.0 Å². The normalized spacial score (nSPS) is 10.7. The van der Waals surface area contributed by atoms with Crippen LogP contribution in [0.1, 0.15) is 59.4 Å². The molecule has 1 heterocycles. The van der Waals surface area contributed by atoms with Crippen molar-refractivity contribution in [2.75, 3.05) is 5.32 Å². The smallest absolute Gasteiger partial charge is 0.338 e. The summed E-state index contributed by atoms with van der Waals surface area (Å²) in [7, 11) is 0.